The van der Waals surface area contributed by atoms with Gasteiger partial charge < -0.3 is 10.2 Å². The Morgan fingerprint density at radius 3 is 2.29 bits per heavy atom. The standard InChI is InChI=1S/C17H32N2O.ClH/c1-14(12-15-6-4-3-5-7-15)17(20)19-10-8-16(9-11-19)13-18-2;/h14-16,18H,3-13H2,1-2H3;1H. The zero-order valence-corrected chi connectivity index (χ0v) is 14.6. The molecule has 2 rings (SSSR count). The molecule has 4 heteroatoms. The van der Waals surface area contributed by atoms with Crippen LogP contribution in [0.15, 0.2) is 0 Å². The van der Waals surface area contributed by atoms with Gasteiger partial charge in [0.25, 0.3) is 0 Å². The molecule has 1 aliphatic carbocycles. The monoisotopic (exact) mass is 316 g/mol. The van der Waals surface area contributed by atoms with Crippen LogP contribution in [0.5, 0.6) is 0 Å². The summed E-state index contributed by atoms with van der Waals surface area (Å²) in [6, 6.07) is 0. The third-order valence-corrected chi connectivity index (χ3v) is 5.25. The summed E-state index contributed by atoms with van der Waals surface area (Å²) >= 11 is 0. The lowest BCUT2D eigenvalue weighted by atomic mass is 9.82. The lowest BCUT2D eigenvalue weighted by molar-refractivity contribution is -0.137. The zero-order chi connectivity index (χ0) is 14.4. The predicted octanol–water partition coefficient (Wildman–Crippen LogP) is 3.47. The number of carbonyl (C=O) groups is 1. The molecule has 3 nitrogen and oxygen atoms in total. The highest BCUT2D eigenvalue weighted by atomic mass is 35.5. The second kappa shape index (κ2) is 9.68. The number of amides is 1. The normalized spacial score (nSPS) is 22.7. The topological polar surface area (TPSA) is 32.3 Å². The summed E-state index contributed by atoms with van der Waals surface area (Å²) in [5.41, 5.74) is 0. The van der Waals surface area contributed by atoms with E-state index in [0.717, 1.165) is 37.9 Å². The quantitative estimate of drug-likeness (QED) is 0.842. The van der Waals surface area contributed by atoms with Crippen molar-refractivity contribution in [1.29, 1.82) is 0 Å². The molecule has 0 aromatic carbocycles. The number of hydrogen-bond acceptors (Lipinski definition) is 2. The smallest absolute Gasteiger partial charge is 0.225 e. The molecule has 1 N–H and O–H groups in total. The molecule has 1 aliphatic heterocycles. The molecule has 1 saturated carbocycles. The van der Waals surface area contributed by atoms with Gasteiger partial charge >= 0.3 is 0 Å². The first-order valence-electron chi connectivity index (χ1n) is 8.64. The molecule has 2 fully saturated rings. The summed E-state index contributed by atoms with van der Waals surface area (Å²) in [4.78, 5) is 14.7. The second-order valence-electron chi connectivity index (χ2n) is 6.97. The van der Waals surface area contributed by atoms with Gasteiger partial charge in [-0.3, -0.25) is 4.79 Å². The van der Waals surface area contributed by atoms with Gasteiger partial charge in [0.1, 0.15) is 0 Å². The fourth-order valence-electron chi connectivity index (χ4n) is 3.98. The molecule has 1 atom stereocenters. The van der Waals surface area contributed by atoms with E-state index in [4.69, 9.17) is 0 Å². The number of nitrogens with zero attached hydrogens (tertiary/aromatic N) is 1. The fourth-order valence-corrected chi connectivity index (χ4v) is 3.98. The van der Waals surface area contributed by atoms with Gasteiger partial charge in [0.15, 0.2) is 0 Å². The SMILES string of the molecule is CNCC1CCN(C(=O)C(C)CC2CCCCC2)CC1.Cl. The van der Waals surface area contributed by atoms with Crippen LogP contribution in [0.2, 0.25) is 0 Å². The van der Waals surface area contributed by atoms with Crippen molar-refractivity contribution < 1.29 is 4.79 Å². The summed E-state index contributed by atoms with van der Waals surface area (Å²) in [5.74, 6) is 2.22. The van der Waals surface area contributed by atoms with E-state index < -0.39 is 0 Å². The summed E-state index contributed by atoms with van der Waals surface area (Å²) in [6.07, 6.45) is 10.3. The highest BCUT2D eigenvalue weighted by molar-refractivity contribution is 5.85. The first-order chi connectivity index (χ1) is 9.70. The Bertz CT molecular complexity index is 297. The zero-order valence-electron chi connectivity index (χ0n) is 13.8. The molecule has 0 radical (unpaired) electrons. The lowest BCUT2D eigenvalue weighted by Crippen LogP contribution is -2.43. The Morgan fingerprint density at radius 2 is 1.71 bits per heavy atom. The average molecular weight is 317 g/mol. The minimum absolute atomic E-state index is 0. The fraction of sp³-hybridized carbons (Fsp3) is 0.941. The van der Waals surface area contributed by atoms with Crippen molar-refractivity contribution in [2.75, 3.05) is 26.7 Å². The van der Waals surface area contributed by atoms with Gasteiger partial charge in [-0.15, -0.1) is 12.4 Å². The van der Waals surface area contributed by atoms with E-state index in [9.17, 15) is 4.79 Å². The van der Waals surface area contributed by atoms with E-state index in [2.05, 4.69) is 17.1 Å². The van der Waals surface area contributed by atoms with Gasteiger partial charge in [-0.05, 0) is 44.7 Å². The Kier molecular flexibility index (Phi) is 8.65. The van der Waals surface area contributed by atoms with E-state index in [1.165, 1.54) is 44.9 Å². The molecule has 1 saturated heterocycles. The molecule has 0 bridgehead atoms. The minimum atomic E-state index is 0. The summed E-state index contributed by atoms with van der Waals surface area (Å²) < 4.78 is 0. The predicted molar refractivity (Wildman–Crippen MR) is 90.8 cm³/mol. The number of piperidine rings is 1. The van der Waals surface area contributed by atoms with Crippen molar-refractivity contribution in [2.45, 2.75) is 58.3 Å². The molecule has 21 heavy (non-hydrogen) atoms. The average Bonchev–Trinajstić information content (AvgIpc) is 2.48. The summed E-state index contributed by atoms with van der Waals surface area (Å²) in [7, 11) is 2.02. The largest absolute Gasteiger partial charge is 0.342 e. The third-order valence-electron chi connectivity index (χ3n) is 5.25. The van der Waals surface area contributed by atoms with Gasteiger partial charge in [-0.1, -0.05) is 39.0 Å². The van der Waals surface area contributed by atoms with Gasteiger partial charge in [0.05, 0.1) is 0 Å². The van der Waals surface area contributed by atoms with Crippen LogP contribution in [0.3, 0.4) is 0 Å². The maximum atomic E-state index is 12.5. The van der Waals surface area contributed by atoms with Crippen LogP contribution < -0.4 is 5.32 Å². The molecule has 1 amide bonds. The van der Waals surface area contributed by atoms with Crippen LogP contribution in [-0.2, 0) is 4.79 Å². The molecule has 0 aromatic heterocycles. The molecular weight excluding hydrogens is 284 g/mol. The number of rotatable bonds is 5. The van der Waals surface area contributed by atoms with Crippen LogP contribution in [-0.4, -0.2) is 37.5 Å². The highest BCUT2D eigenvalue weighted by Gasteiger charge is 2.27. The second-order valence-corrected chi connectivity index (χ2v) is 6.97. The van der Waals surface area contributed by atoms with Gasteiger partial charge in [0, 0.05) is 19.0 Å². The highest BCUT2D eigenvalue weighted by Crippen LogP contribution is 2.30. The number of likely N-dealkylation sites (tertiary alicyclic amines) is 1. The molecule has 124 valence electrons. The van der Waals surface area contributed by atoms with Crippen molar-refractivity contribution in [3.05, 3.63) is 0 Å². The van der Waals surface area contributed by atoms with Gasteiger partial charge in [-0.2, -0.15) is 0 Å². The number of nitrogens with one attached hydrogen (secondary N) is 1. The van der Waals surface area contributed by atoms with Crippen molar-refractivity contribution in [2.24, 2.45) is 17.8 Å². The molecule has 1 unspecified atom stereocenters. The van der Waals surface area contributed by atoms with Crippen LogP contribution in [0.1, 0.15) is 58.3 Å². The number of halogens is 1. The van der Waals surface area contributed by atoms with Crippen LogP contribution in [0.4, 0.5) is 0 Å². The number of carbonyl (C=O) groups excluding carboxylic acids is 1. The van der Waals surface area contributed by atoms with Crippen molar-refractivity contribution in [3.63, 3.8) is 0 Å². The van der Waals surface area contributed by atoms with E-state index >= 15 is 0 Å². The molecule has 1 heterocycles. The van der Waals surface area contributed by atoms with Crippen molar-refractivity contribution >= 4 is 18.3 Å². The molecule has 2 aliphatic rings. The molecule has 0 aromatic rings. The molecular formula is C17H33ClN2O. The third kappa shape index (κ3) is 5.78. The van der Waals surface area contributed by atoms with E-state index in [-0.39, 0.29) is 18.3 Å². The van der Waals surface area contributed by atoms with Crippen LogP contribution in [0, 0.1) is 17.8 Å². The van der Waals surface area contributed by atoms with E-state index in [0.29, 0.717) is 5.91 Å². The maximum Gasteiger partial charge on any atom is 0.225 e. The minimum Gasteiger partial charge on any atom is -0.342 e. The van der Waals surface area contributed by atoms with Crippen LogP contribution >= 0.6 is 12.4 Å². The number of hydrogen-bond donors (Lipinski definition) is 1. The van der Waals surface area contributed by atoms with Gasteiger partial charge in [-0.25, -0.2) is 0 Å². The summed E-state index contributed by atoms with van der Waals surface area (Å²) in [5, 5.41) is 3.25. The van der Waals surface area contributed by atoms with E-state index in [1.54, 1.807) is 0 Å². The first-order valence-corrected chi connectivity index (χ1v) is 8.64. The Hall–Kier alpha value is -0.280. The van der Waals surface area contributed by atoms with Gasteiger partial charge in [0.2, 0.25) is 5.91 Å². The molecule has 0 spiro atoms. The van der Waals surface area contributed by atoms with Crippen LogP contribution in [0.25, 0.3) is 0 Å². The Morgan fingerprint density at radius 1 is 1.10 bits per heavy atom. The summed E-state index contributed by atoms with van der Waals surface area (Å²) in [6.45, 7) is 5.19. The Balaban J connectivity index is 0.00000220. The van der Waals surface area contributed by atoms with Crippen molar-refractivity contribution in [1.82, 2.24) is 10.2 Å². The van der Waals surface area contributed by atoms with Crippen molar-refractivity contribution in [3.8, 4) is 0 Å². The maximum absolute atomic E-state index is 12.5. The van der Waals surface area contributed by atoms with E-state index in [1.807, 2.05) is 7.05 Å². The lowest BCUT2D eigenvalue weighted by Gasteiger charge is -2.34. The Labute approximate surface area is 136 Å². The first kappa shape index (κ1) is 18.8.